The van der Waals surface area contributed by atoms with Crippen molar-refractivity contribution < 1.29 is 4.79 Å². The van der Waals surface area contributed by atoms with Crippen LogP contribution in [0.1, 0.15) is 28.5 Å². The average molecular weight is 450 g/mol. The number of aromatic nitrogens is 4. The van der Waals surface area contributed by atoms with E-state index in [2.05, 4.69) is 31.2 Å². The van der Waals surface area contributed by atoms with E-state index in [0.29, 0.717) is 18.7 Å². The number of hydrogen-bond donors (Lipinski definition) is 0. The summed E-state index contributed by atoms with van der Waals surface area (Å²) in [7, 11) is 0. The van der Waals surface area contributed by atoms with Crippen LogP contribution < -0.4 is 0 Å². The Kier molecular flexibility index (Phi) is 5.67. The maximum Gasteiger partial charge on any atom is 0.254 e. The molecule has 1 amide bonds. The van der Waals surface area contributed by atoms with Crippen molar-refractivity contribution in [3.8, 4) is 0 Å². The quantitative estimate of drug-likeness (QED) is 0.436. The molecular weight excluding hydrogens is 430 g/mol. The fourth-order valence-corrected chi connectivity index (χ4v) is 3.48. The lowest BCUT2D eigenvalue weighted by atomic mass is 10.1. The van der Waals surface area contributed by atoms with Crippen molar-refractivity contribution in [1.82, 2.24) is 24.9 Å². The normalized spacial score (nSPS) is 11.0. The van der Waals surface area contributed by atoms with Crippen LogP contribution in [0.15, 0.2) is 71.3 Å². The van der Waals surface area contributed by atoms with Crippen LogP contribution in [0.5, 0.6) is 0 Å². The Labute approximate surface area is 177 Å². The molecule has 0 aliphatic carbocycles. The molecule has 0 radical (unpaired) electrons. The van der Waals surface area contributed by atoms with Gasteiger partial charge < -0.3 is 4.90 Å². The summed E-state index contributed by atoms with van der Waals surface area (Å²) in [6, 6.07) is 19.3. The zero-order valence-corrected chi connectivity index (χ0v) is 17.6. The molecule has 4 aromatic rings. The number of benzene rings is 2. The lowest BCUT2D eigenvalue weighted by Crippen LogP contribution is -2.30. The van der Waals surface area contributed by atoms with Gasteiger partial charge in [0.05, 0.1) is 17.8 Å². The molecule has 0 saturated heterocycles. The SMILES string of the molecule is CCn1nnc2cc(C(=O)N(Cc3ccc(Br)cc3)Cc3ccccn3)ccc21. The zero-order valence-electron chi connectivity index (χ0n) is 16.0. The standard InChI is InChI=1S/C22H20BrN5O/c1-2-28-21-11-8-17(13-20(21)25-26-28)22(29)27(15-19-5-3-4-12-24-19)14-16-6-9-18(23)10-7-16/h3-13H,2,14-15H2,1H3. The van der Waals surface area contributed by atoms with E-state index >= 15 is 0 Å². The second-order valence-electron chi connectivity index (χ2n) is 6.72. The van der Waals surface area contributed by atoms with E-state index in [1.54, 1.807) is 11.1 Å². The third-order valence-corrected chi connectivity index (χ3v) is 5.24. The topological polar surface area (TPSA) is 63.9 Å². The van der Waals surface area contributed by atoms with E-state index in [9.17, 15) is 4.79 Å². The van der Waals surface area contributed by atoms with Crippen LogP contribution in [0.3, 0.4) is 0 Å². The summed E-state index contributed by atoms with van der Waals surface area (Å²) in [5.41, 5.74) is 4.13. The molecule has 7 heteroatoms. The van der Waals surface area contributed by atoms with Gasteiger partial charge in [-0.25, -0.2) is 4.68 Å². The highest BCUT2D eigenvalue weighted by Gasteiger charge is 2.19. The Balaban J connectivity index is 1.65. The van der Waals surface area contributed by atoms with Crippen LogP contribution in [0.2, 0.25) is 0 Å². The minimum absolute atomic E-state index is 0.0634. The van der Waals surface area contributed by atoms with Crippen molar-refractivity contribution in [2.24, 2.45) is 0 Å². The third kappa shape index (κ3) is 4.35. The molecule has 0 aliphatic rings. The first-order valence-corrected chi connectivity index (χ1v) is 10.2. The minimum Gasteiger partial charge on any atom is -0.328 e. The van der Waals surface area contributed by atoms with Crippen molar-refractivity contribution in [3.05, 3.63) is 88.2 Å². The second kappa shape index (κ2) is 8.53. The highest BCUT2D eigenvalue weighted by atomic mass is 79.9. The number of halogens is 1. The fourth-order valence-electron chi connectivity index (χ4n) is 3.22. The molecule has 29 heavy (non-hydrogen) atoms. The summed E-state index contributed by atoms with van der Waals surface area (Å²) in [6.07, 6.45) is 1.74. The highest BCUT2D eigenvalue weighted by Crippen LogP contribution is 2.19. The first-order chi connectivity index (χ1) is 14.1. The lowest BCUT2D eigenvalue weighted by Gasteiger charge is -2.23. The number of pyridine rings is 1. The van der Waals surface area contributed by atoms with Gasteiger partial charge in [0, 0.05) is 29.3 Å². The summed E-state index contributed by atoms with van der Waals surface area (Å²) in [5.74, 6) is -0.0634. The van der Waals surface area contributed by atoms with E-state index in [1.165, 1.54) is 0 Å². The number of hydrogen-bond acceptors (Lipinski definition) is 4. The Morgan fingerprint density at radius 3 is 2.62 bits per heavy atom. The molecule has 4 rings (SSSR count). The molecule has 0 N–H and O–H groups in total. The average Bonchev–Trinajstić information content (AvgIpc) is 3.17. The number of carbonyl (C=O) groups excluding carboxylic acids is 1. The molecule has 6 nitrogen and oxygen atoms in total. The smallest absolute Gasteiger partial charge is 0.254 e. The maximum absolute atomic E-state index is 13.4. The van der Waals surface area contributed by atoms with Gasteiger partial charge in [-0.05, 0) is 55.0 Å². The molecule has 0 unspecified atom stereocenters. The molecule has 2 aromatic carbocycles. The van der Waals surface area contributed by atoms with Gasteiger partial charge in [-0.1, -0.05) is 39.3 Å². The van der Waals surface area contributed by atoms with Crippen molar-refractivity contribution in [1.29, 1.82) is 0 Å². The summed E-state index contributed by atoms with van der Waals surface area (Å²) in [4.78, 5) is 19.6. The molecule has 2 aromatic heterocycles. The predicted molar refractivity (Wildman–Crippen MR) is 115 cm³/mol. The number of fused-ring (bicyclic) bond motifs is 1. The minimum atomic E-state index is -0.0634. The van der Waals surface area contributed by atoms with Crippen LogP contribution in [-0.2, 0) is 19.6 Å². The molecule has 2 heterocycles. The third-order valence-electron chi connectivity index (χ3n) is 4.71. The molecule has 0 spiro atoms. The van der Waals surface area contributed by atoms with Crippen LogP contribution >= 0.6 is 15.9 Å². The molecule has 146 valence electrons. The predicted octanol–water partition coefficient (Wildman–Crippen LogP) is 4.45. The molecular formula is C22H20BrN5O. The summed E-state index contributed by atoms with van der Waals surface area (Å²) in [6.45, 7) is 3.66. The Morgan fingerprint density at radius 2 is 1.90 bits per heavy atom. The number of aryl methyl sites for hydroxylation is 1. The van der Waals surface area contributed by atoms with E-state index < -0.39 is 0 Å². The molecule has 0 bridgehead atoms. The van der Waals surface area contributed by atoms with Crippen molar-refractivity contribution in [2.45, 2.75) is 26.6 Å². The van der Waals surface area contributed by atoms with Gasteiger partial charge in [-0.15, -0.1) is 5.10 Å². The molecule has 0 saturated carbocycles. The first-order valence-electron chi connectivity index (χ1n) is 9.41. The van der Waals surface area contributed by atoms with Crippen molar-refractivity contribution in [2.75, 3.05) is 0 Å². The van der Waals surface area contributed by atoms with Gasteiger partial charge in [0.2, 0.25) is 0 Å². The number of carbonyl (C=O) groups is 1. The number of nitrogens with zero attached hydrogens (tertiary/aromatic N) is 5. The molecule has 0 atom stereocenters. The highest BCUT2D eigenvalue weighted by molar-refractivity contribution is 9.10. The van der Waals surface area contributed by atoms with E-state index in [1.807, 2.05) is 72.3 Å². The van der Waals surface area contributed by atoms with Gasteiger partial charge in [0.15, 0.2) is 0 Å². The van der Waals surface area contributed by atoms with Crippen LogP contribution in [0, 0.1) is 0 Å². The van der Waals surface area contributed by atoms with Crippen molar-refractivity contribution >= 4 is 32.9 Å². The summed E-state index contributed by atoms with van der Waals surface area (Å²) < 4.78 is 2.82. The zero-order chi connectivity index (χ0) is 20.2. The van der Waals surface area contributed by atoms with Gasteiger partial charge in [-0.3, -0.25) is 9.78 Å². The first kappa shape index (κ1) is 19.3. The molecule has 0 aliphatic heterocycles. The second-order valence-corrected chi connectivity index (χ2v) is 7.63. The monoisotopic (exact) mass is 449 g/mol. The van der Waals surface area contributed by atoms with Crippen molar-refractivity contribution in [3.63, 3.8) is 0 Å². The van der Waals surface area contributed by atoms with Crippen LogP contribution in [-0.4, -0.2) is 30.8 Å². The maximum atomic E-state index is 13.4. The number of amides is 1. The van der Waals surface area contributed by atoms with Gasteiger partial charge >= 0.3 is 0 Å². The molecule has 0 fully saturated rings. The summed E-state index contributed by atoms with van der Waals surface area (Å²) in [5, 5.41) is 8.32. The van der Waals surface area contributed by atoms with Crippen LogP contribution in [0.25, 0.3) is 11.0 Å². The fraction of sp³-hybridized carbons (Fsp3) is 0.182. The van der Waals surface area contributed by atoms with Gasteiger partial charge in [0.1, 0.15) is 5.52 Å². The van der Waals surface area contributed by atoms with Gasteiger partial charge in [-0.2, -0.15) is 0 Å². The van der Waals surface area contributed by atoms with E-state index in [4.69, 9.17) is 0 Å². The Morgan fingerprint density at radius 1 is 1.07 bits per heavy atom. The van der Waals surface area contributed by atoms with E-state index in [-0.39, 0.29) is 5.91 Å². The Bertz CT molecular complexity index is 1130. The number of rotatable bonds is 6. The van der Waals surface area contributed by atoms with Gasteiger partial charge in [0.25, 0.3) is 5.91 Å². The largest absolute Gasteiger partial charge is 0.328 e. The van der Waals surface area contributed by atoms with E-state index in [0.717, 1.165) is 33.3 Å². The Hall–Kier alpha value is -3.06. The lowest BCUT2D eigenvalue weighted by molar-refractivity contribution is 0.0728. The summed E-state index contributed by atoms with van der Waals surface area (Å²) >= 11 is 3.46. The van der Waals surface area contributed by atoms with Crippen LogP contribution in [0.4, 0.5) is 0 Å².